The van der Waals surface area contributed by atoms with E-state index in [1.54, 1.807) is 0 Å². The summed E-state index contributed by atoms with van der Waals surface area (Å²) in [6.45, 7) is 26.7. The topological polar surface area (TPSA) is 59.1 Å². The molecule has 2 fully saturated rings. The zero-order valence-electron chi connectivity index (χ0n) is 25.2. The first-order valence-electron chi connectivity index (χ1n) is 14.4. The summed E-state index contributed by atoms with van der Waals surface area (Å²) in [5.74, 6) is -0.570. The second kappa shape index (κ2) is 12.1. The minimum Gasteiger partial charge on any atom is -0.462 e. The average Bonchev–Trinajstić information content (AvgIpc) is 2.75. The normalized spacial score (nSPS) is 25.4. The zero-order valence-corrected chi connectivity index (χ0v) is 25.2. The Morgan fingerprint density at radius 3 is 1.33 bits per heavy atom. The van der Waals surface area contributed by atoms with E-state index in [0.29, 0.717) is 0 Å². The van der Waals surface area contributed by atoms with E-state index in [9.17, 15) is 9.59 Å². The minimum atomic E-state index is -0.285. The van der Waals surface area contributed by atoms with Crippen molar-refractivity contribution in [2.24, 2.45) is 10.8 Å². The summed E-state index contributed by atoms with van der Waals surface area (Å²) >= 11 is 0. The monoisotopic (exact) mass is 508 g/mol. The Labute approximate surface area is 221 Å². The van der Waals surface area contributed by atoms with Gasteiger partial charge in [-0.05, 0) is 64.2 Å². The number of ether oxygens (including phenoxy) is 2. The molecule has 0 aliphatic carbocycles. The highest BCUT2D eigenvalue weighted by molar-refractivity contribution is 5.77. The lowest BCUT2D eigenvalue weighted by Crippen LogP contribution is -2.54. The molecule has 0 saturated carbocycles. The third-order valence-corrected chi connectivity index (χ3v) is 8.89. The molecule has 0 radical (unpaired) electrons. The molecule has 2 saturated heterocycles. The smallest absolute Gasteiger partial charge is 0.306 e. The van der Waals surface area contributed by atoms with E-state index in [-0.39, 0.29) is 58.9 Å². The fourth-order valence-corrected chi connectivity index (χ4v) is 5.52. The number of esters is 2. The van der Waals surface area contributed by atoms with Crippen molar-refractivity contribution in [3.63, 3.8) is 0 Å². The molecule has 0 aromatic carbocycles. The summed E-state index contributed by atoms with van der Waals surface area (Å²) in [4.78, 5) is 30.1. The van der Waals surface area contributed by atoms with Crippen LogP contribution in [0.25, 0.3) is 0 Å². The third-order valence-electron chi connectivity index (χ3n) is 8.89. The van der Waals surface area contributed by atoms with Gasteiger partial charge in [-0.1, -0.05) is 41.5 Å². The number of carbonyl (C=O) groups is 2. The average molecular weight is 509 g/mol. The quantitative estimate of drug-likeness (QED) is 0.309. The fourth-order valence-electron chi connectivity index (χ4n) is 5.52. The molecule has 2 unspecified atom stereocenters. The van der Waals surface area contributed by atoms with Crippen LogP contribution in [0, 0.1) is 10.8 Å². The lowest BCUT2D eigenvalue weighted by Gasteiger charge is -2.48. The maximum absolute atomic E-state index is 12.5. The van der Waals surface area contributed by atoms with Crippen LogP contribution in [-0.2, 0) is 19.1 Å². The number of hydrogen-bond donors (Lipinski definition) is 0. The molecular weight excluding hydrogens is 452 g/mol. The molecule has 0 N–H and O–H groups in total. The molecule has 6 heteroatoms. The summed E-state index contributed by atoms with van der Waals surface area (Å²) in [6.07, 6.45) is 5.65. The Morgan fingerprint density at radius 2 is 1.06 bits per heavy atom. The van der Waals surface area contributed by atoms with Gasteiger partial charge in [-0.15, -0.1) is 0 Å². The summed E-state index contributed by atoms with van der Waals surface area (Å²) in [6, 6.07) is 0. The predicted octanol–water partition coefficient (Wildman–Crippen LogP) is 6.21. The second-order valence-electron chi connectivity index (χ2n) is 14.2. The van der Waals surface area contributed by atoms with Crippen LogP contribution in [0.3, 0.4) is 0 Å². The van der Waals surface area contributed by atoms with Crippen LogP contribution < -0.4 is 0 Å². The largest absolute Gasteiger partial charge is 0.462 e. The van der Waals surface area contributed by atoms with Crippen molar-refractivity contribution in [2.75, 3.05) is 26.2 Å². The highest BCUT2D eigenvalue weighted by Crippen LogP contribution is 2.35. The van der Waals surface area contributed by atoms with E-state index < -0.39 is 0 Å². The lowest BCUT2D eigenvalue weighted by atomic mass is 9.83. The molecule has 6 nitrogen and oxygen atoms in total. The maximum atomic E-state index is 12.5. The number of likely N-dealkylation sites (tertiary alicyclic amines) is 2. The lowest BCUT2D eigenvalue weighted by molar-refractivity contribution is -0.161. The number of piperidine rings is 2. The first-order chi connectivity index (χ1) is 16.5. The number of nitrogens with zero attached hydrogens (tertiary/aromatic N) is 2. The number of rotatable bonds is 11. The Bertz CT molecular complexity index is 681. The summed E-state index contributed by atoms with van der Waals surface area (Å²) in [5, 5.41) is 0. The van der Waals surface area contributed by atoms with Crippen molar-refractivity contribution in [1.82, 2.24) is 9.80 Å². The summed E-state index contributed by atoms with van der Waals surface area (Å²) in [7, 11) is 0. The van der Waals surface area contributed by atoms with Crippen molar-refractivity contribution < 1.29 is 19.1 Å². The molecule has 0 aromatic heterocycles. The molecule has 2 heterocycles. The molecule has 2 rings (SSSR count). The standard InChI is InChI=1S/C30H56N2O4/c1-11-27(3,4)21-31-17-15-23(19-29(31,7)8)35-25(33)13-14-26(34)36-24-16-18-32(30(9,10)20-24)22-28(5,6)12-2/h23-24H,11-22H2,1-10H3. The number of hydrogen-bond acceptors (Lipinski definition) is 6. The van der Waals surface area contributed by atoms with Gasteiger partial charge in [0, 0.05) is 50.1 Å². The molecular formula is C30H56N2O4. The van der Waals surface area contributed by atoms with Gasteiger partial charge in [-0.25, -0.2) is 0 Å². The predicted molar refractivity (Wildman–Crippen MR) is 147 cm³/mol. The summed E-state index contributed by atoms with van der Waals surface area (Å²) < 4.78 is 11.6. The molecule has 2 atom stereocenters. The van der Waals surface area contributed by atoms with E-state index in [1.807, 2.05) is 0 Å². The van der Waals surface area contributed by atoms with E-state index in [1.165, 1.54) is 0 Å². The molecule has 0 amide bonds. The van der Waals surface area contributed by atoms with Crippen molar-refractivity contribution in [1.29, 1.82) is 0 Å². The molecule has 0 bridgehead atoms. The van der Waals surface area contributed by atoms with Gasteiger partial charge in [0.25, 0.3) is 0 Å². The van der Waals surface area contributed by atoms with Crippen molar-refractivity contribution >= 4 is 11.9 Å². The molecule has 0 spiro atoms. The molecule has 2 aliphatic rings. The minimum absolute atomic E-state index is 0.0113. The first kappa shape index (κ1) is 31.1. The highest BCUT2D eigenvalue weighted by Gasteiger charge is 2.40. The maximum Gasteiger partial charge on any atom is 0.306 e. The van der Waals surface area contributed by atoms with Gasteiger partial charge in [0.15, 0.2) is 0 Å². The molecule has 36 heavy (non-hydrogen) atoms. The molecule has 2 aliphatic heterocycles. The molecule has 0 aromatic rings. The van der Waals surface area contributed by atoms with E-state index >= 15 is 0 Å². The Balaban J connectivity index is 1.75. The van der Waals surface area contributed by atoms with Crippen LogP contribution >= 0.6 is 0 Å². The zero-order chi connectivity index (χ0) is 27.4. The van der Waals surface area contributed by atoms with Gasteiger partial charge in [-0.3, -0.25) is 19.4 Å². The Hall–Kier alpha value is -1.14. The first-order valence-corrected chi connectivity index (χ1v) is 14.4. The van der Waals surface area contributed by atoms with E-state index in [2.05, 4.69) is 79.0 Å². The van der Waals surface area contributed by atoms with Gasteiger partial charge in [0.05, 0.1) is 12.8 Å². The van der Waals surface area contributed by atoms with E-state index in [4.69, 9.17) is 9.47 Å². The number of carbonyl (C=O) groups excluding carboxylic acids is 2. The van der Waals surface area contributed by atoms with Crippen LogP contribution in [0.1, 0.15) is 121 Å². The van der Waals surface area contributed by atoms with Crippen LogP contribution in [0.5, 0.6) is 0 Å². The van der Waals surface area contributed by atoms with Crippen LogP contribution in [0.15, 0.2) is 0 Å². The van der Waals surface area contributed by atoms with Gasteiger partial charge in [-0.2, -0.15) is 0 Å². The molecule has 210 valence electrons. The second-order valence-corrected chi connectivity index (χ2v) is 14.2. The Morgan fingerprint density at radius 1 is 0.722 bits per heavy atom. The van der Waals surface area contributed by atoms with E-state index in [0.717, 1.165) is 64.7 Å². The van der Waals surface area contributed by atoms with Gasteiger partial charge >= 0.3 is 11.9 Å². The van der Waals surface area contributed by atoms with Crippen molar-refractivity contribution in [3.05, 3.63) is 0 Å². The van der Waals surface area contributed by atoms with Gasteiger partial charge < -0.3 is 9.47 Å². The summed E-state index contributed by atoms with van der Waals surface area (Å²) in [5.41, 5.74) is 0.531. The SMILES string of the molecule is CCC(C)(C)CN1CCC(OC(=O)CCC(=O)OC2CCN(CC(C)(C)CC)C(C)(C)C2)CC1(C)C. The van der Waals surface area contributed by atoms with Crippen LogP contribution in [0.4, 0.5) is 0 Å². The van der Waals surface area contributed by atoms with Crippen molar-refractivity contribution in [2.45, 2.75) is 144 Å². The van der Waals surface area contributed by atoms with Crippen molar-refractivity contribution in [3.8, 4) is 0 Å². The van der Waals surface area contributed by atoms with Gasteiger partial charge in [0.2, 0.25) is 0 Å². The van der Waals surface area contributed by atoms with Crippen LogP contribution in [-0.4, -0.2) is 71.2 Å². The fraction of sp³-hybridized carbons (Fsp3) is 0.933. The third kappa shape index (κ3) is 9.31. The van der Waals surface area contributed by atoms with Crippen LogP contribution in [0.2, 0.25) is 0 Å². The van der Waals surface area contributed by atoms with Gasteiger partial charge in [0.1, 0.15) is 12.2 Å². The Kier molecular flexibility index (Phi) is 10.5. The highest BCUT2D eigenvalue weighted by atomic mass is 16.6.